The molecule has 0 aliphatic carbocycles. The van der Waals surface area contributed by atoms with E-state index in [1.54, 1.807) is 12.1 Å². The fourth-order valence-electron chi connectivity index (χ4n) is 3.46. The molecule has 4 rings (SSSR count). The lowest BCUT2D eigenvalue weighted by atomic mass is 10.2. The summed E-state index contributed by atoms with van der Waals surface area (Å²) >= 11 is 0. The number of anilines is 2. The number of ether oxygens (including phenoxy) is 1. The molecule has 29 heavy (non-hydrogen) atoms. The number of hydrogen-bond donors (Lipinski definition) is 1. The Labute approximate surface area is 171 Å². The number of nitrogens with one attached hydrogen (secondary N) is 1. The van der Waals surface area contributed by atoms with Crippen molar-refractivity contribution in [3.63, 3.8) is 0 Å². The van der Waals surface area contributed by atoms with E-state index in [2.05, 4.69) is 29.5 Å². The molecule has 2 aliphatic rings. The van der Waals surface area contributed by atoms with Gasteiger partial charge in [0, 0.05) is 26.2 Å². The fraction of sp³-hybridized carbons (Fsp3) is 0.526. The minimum Gasteiger partial charge on any atom is -0.378 e. The summed E-state index contributed by atoms with van der Waals surface area (Å²) in [6.45, 7) is 4.53. The maximum absolute atomic E-state index is 12.5. The van der Waals surface area contributed by atoms with E-state index in [1.807, 2.05) is 18.2 Å². The molecule has 0 unspecified atom stereocenters. The zero-order chi connectivity index (χ0) is 20.1. The lowest BCUT2D eigenvalue weighted by molar-refractivity contribution is 0.122. The Morgan fingerprint density at radius 3 is 2.17 bits per heavy atom. The molecule has 1 aromatic carbocycles. The fourth-order valence-corrected chi connectivity index (χ4v) is 4.54. The van der Waals surface area contributed by atoms with Gasteiger partial charge in [0.05, 0.1) is 25.5 Å². The molecule has 1 N–H and O–H groups in total. The highest BCUT2D eigenvalue weighted by Gasteiger charge is 2.22. The molecule has 0 bridgehead atoms. The Balaban J connectivity index is 1.51. The predicted molar refractivity (Wildman–Crippen MR) is 110 cm³/mol. The van der Waals surface area contributed by atoms with Gasteiger partial charge >= 0.3 is 0 Å². The number of hydrogen-bond acceptors (Lipinski definition) is 8. The van der Waals surface area contributed by atoms with Crippen molar-refractivity contribution < 1.29 is 13.2 Å². The summed E-state index contributed by atoms with van der Waals surface area (Å²) in [5, 5.41) is 0. The average molecular weight is 419 g/mol. The number of morpholine rings is 1. The van der Waals surface area contributed by atoms with Crippen LogP contribution >= 0.6 is 0 Å². The lowest BCUT2D eigenvalue weighted by Crippen LogP contribution is -2.38. The maximum atomic E-state index is 12.5. The van der Waals surface area contributed by atoms with Gasteiger partial charge in [0.25, 0.3) is 0 Å². The van der Waals surface area contributed by atoms with E-state index in [-0.39, 0.29) is 12.3 Å². The number of aromatic nitrogens is 3. The second kappa shape index (κ2) is 9.02. The summed E-state index contributed by atoms with van der Waals surface area (Å²) in [7, 11) is -3.50. The maximum Gasteiger partial charge on any atom is 0.230 e. The molecule has 156 valence electrons. The van der Waals surface area contributed by atoms with Crippen LogP contribution in [-0.4, -0.2) is 62.8 Å². The first-order valence-corrected chi connectivity index (χ1v) is 11.6. The predicted octanol–water partition coefficient (Wildman–Crippen LogP) is 0.928. The van der Waals surface area contributed by atoms with Crippen LogP contribution in [0.4, 0.5) is 11.9 Å². The summed E-state index contributed by atoms with van der Waals surface area (Å²) < 4.78 is 33.0. The van der Waals surface area contributed by atoms with Gasteiger partial charge in [0.2, 0.25) is 21.9 Å². The molecule has 0 saturated carbocycles. The Morgan fingerprint density at radius 1 is 0.897 bits per heavy atom. The van der Waals surface area contributed by atoms with Gasteiger partial charge in [-0.05, 0) is 18.4 Å². The first-order chi connectivity index (χ1) is 14.1. The third kappa shape index (κ3) is 5.40. The van der Waals surface area contributed by atoms with Gasteiger partial charge in [-0.3, -0.25) is 0 Å². The smallest absolute Gasteiger partial charge is 0.230 e. The topological polar surface area (TPSA) is 101 Å². The number of rotatable bonds is 7. The van der Waals surface area contributed by atoms with Crippen molar-refractivity contribution in [1.82, 2.24) is 19.7 Å². The Bertz CT molecular complexity index is 913. The molecular weight excluding hydrogens is 392 g/mol. The zero-order valence-electron chi connectivity index (χ0n) is 16.3. The highest BCUT2D eigenvalue weighted by molar-refractivity contribution is 7.88. The molecule has 0 radical (unpaired) electrons. The van der Waals surface area contributed by atoms with E-state index in [9.17, 15) is 8.42 Å². The van der Waals surface area contributed by atoms with Gasteiger partial charge in [0.15, 0.2) is 5.82 Å². The van der Waals surface area contributed by atoms with Crippen LogP contribution in [0.5, 0.6) is 0 Å². The quantitative estimate of drug-likeness (QED) is 0.709. The molecule has 2 aliphatic heterocycles. The Kier molecular flexibility index (Phi) is 6.22. The first kappa shape index (κ1) is 20.0. The van der Waals surface area contributed by atoms with Crippen molar-refractivity contribution in [2.45, 2.75) is 25.1 Å². The average Bonchev–Trinajstić information content (AvgIpc) is 3.28. The van der Waals surface area contributed by atoms with Gasteiger partial charge in [-0.15, -0.1) is 0 Å². The minimum atomic E-state index is -3.50. The highest BCUT2D eigenvalue weighted by atomic mass is 32.2. The molecule has 0 spiro atoms. The van der Waals surface area contributed by atoms with Crippen LogP contribution in [0.25, 0.3) is 0 Å². The van der Waals surface area contributed by atoms with Crippen LogP contribution < -0.4 is 14.5 Å². The summed E-state index contributed by atoms with van der Waals surface area (Å²) in [4.78, 5) is 17.9. The van der Waals surface area contributed by atoms with E-state index >= 15 is 0 Å². The third-order valence-corrected chi connectivity index (χ3v) is 6.29. The normalized spacial score (nSPS) is 17.7. The Hall–Kier alpha value is -2.30. The third-order valence-electron chi connectivity index (χ3n) is 4.99. The van der Waals surface area contributed by atoms with Crippen LogP contribution in [0, 0.1) is 0 Å². The molecule has 10 heteroatoms. The largest absolute Gasteiger partial charge is 0.378 e. The van der Waals surface area contributed by atoms with E-state index < -0.39 is 10.0 Å². The highest BCUT2D eigenvalue weighted by Crippen LogP contribution is 2.19. The van der Waals surface area contributed by atoms with Crippen LogP contribution in [0.2, 0.25) is 0 Å². The van der Waals surface area contributed by atoms with Crippen molar-refractivity contribution in [1.29, 1.82) is 0 Å². The van der Waals surface area contributed by atoms with E-state index in [4.69, 9.17) is 4.74 Å². The van der Waals surface area contributed by atoms with Crippen molar-refractivity contribution >= 4 is 21.9 Å². The molecule has 1 aromatic heterocycles. The van der Waals surface area contributed by atoms with Gasteiger partial charge in [-0.1, -0.05) is 30.3 Å². The van der Waals surface area contributed by atoms with Gasteiger partial charge in [0.1, 0.15) is 0 Å². The van der Waals surface area contributed by atoms with Crippen LogP contribution in [0.1, 0.15) is 24.2 Å². The van der Waals surface area contributed by atoms with Gasteiger partial charge < -0.3 is 14.5 Å². The Morgan fingerprint density at radius 2 is 1.52 bits per heavy atom. The number of sulfonamides is 1. The van der Waals surface area contributed by atoms with Crippen LogP contribution in [0.15, 0.2) is 30.3 Å². The summed E-state index contributed by atoms with van der Waals surface area (Å²) in [6, 6.07) is 9.11. The summed E-state index contributed by atoms with van der Waals surface area (Å²) in [6.07, 6.45) is 2.22. The summed E-state index contributed by atoms with van der Waals surface area (Å²) in [5.74, 6) is 1.56. The molecular formula is C19H26N6O3S. The van der Waals surface area contributed by atoms with Crippen molar-refractivity contribution in [2.24, 2.45) is 0 Å². The van der Waals surface area contributed by atoms with Gasteiger partial charge in [-0.25, -0.2) is 13.1 Å². The van der Waals surface area contributed by atoms with Crippen LogP contribution in [-0.2, 0) is 27.1 Å². The van der Waals surface area contributed by atoms with Crippen molar-refractivity contribution in [3.8, 4) is 0 Å². The van der Waals surface area contributed by atoms with Crippen LogP contribution in [0.3, 0.4) is 0 Å². The number of benzene rings is 1. The minimum absolute atomic E-state index is 0.0376. The second-order valence-corrected chi connectivity index (χ2v) is 9.02. The van der Waals surface area contributed by atoms with Gasteiger partial charge in [-0.2, -0.15) is 15.0 Å². The molecule has 2 saturated heterocycles. The monoisotopic (exact) mass is 418 g/mol. The summed E-state index contributed by atoms with van der Waals surface area (Å²) in [5.41, 5.74) is 0.738. The van der Waals surface area contributed by atoms with E-state index in [1.165, 1.54) is 0 Å². The zero-order valence-corrected chi connectivity index (χ0v) is 17.1. The lowest BCUT2D eigenvalue weighted by Gasteiger charge is -2.28. The molecule has 0 amide bonds. The van der Waals surface area contributed by atoms with E-state index in [0.717, 1.165) is 31.5 Å². The molecule has 2 fully saturated rings. The number of nitrogens with zero attached hydrogens (tertiary/aromatic N) is 5. The molecule has 9 nitrogen and oxygen atoms in total. The SMILES string of the molecule is O=S(=O)(Cc1ccccc1)NCc1nc(N2CCCC2)nc(N2CCOCC2)n1. The van der Waals surface area contributed by atoms with Crippen molar-refractivity contribution in [3.05, 3.63) is 41.7 Å². The molecule has 2 aromatic rings. The molecule has 0 atom stereocenters. The molecule has 3 heterocycles. The second-order valence-electron chi connectivity index (χ2n) is 7.21. The first-order valence-electron chi connectivity index (χ1n) is 9.93. The van der Waals surface area contributed by atoms with E-state index in [0.29, 0.717) is 44.0 Å². The van der Waals surface area contributed by atoms with Crippen molar-refractivity contribution in [2.75, 3.05) is 49.2 Å². The standard InChI is InChI=1S/C19H26N6O3S/c26-29(27,15-16-6-2-1-3-7-16)20-14-17-21-18(24-8-4-5-9-24)23-19(22-17)25-10-12-28-13-11-25/h1-3,6-7,20H,4-5,8-15H2.